The summed E-state index contributed by atoms with van der Waals surface area (Å²) in [6, 6.07) is 16.2. The number of benzene rings is 2. The number of aryl methyl sites for hydroxylation is 2. The first-order valence-electron chi connectivity index (χ1n) is 9.91. The van der Waals surface area contributed by atoms with Crippen LogP contribution in [-0.4, -0.2) is 31.8 Å². The Labute approximate surface area is 180 Å². The van der Waals surface area contributed by atoms with Crippen molar-refractivity contribution in [2.45, 2.75) is 26.4 Å². The first-order chi connectivity index (χ1) is 14.9. The number of phenolic OH excluding ortho intramolecular Hbond substituents is 1. The van der Waals surface area contributed by atoms with E-state index in [1.807, 2.05) is 19.9 Å². The van der Waals surface area contributed by atoms with Gasteiger partial charge < -0.3 is 15.1 Å². The summed E-state index contributed by atoms with van der Waals surface area (Å²) in [7, 11) is 0. The molecule has 0 bridgehead atoms. The Morgan fingerprint density at radius 3 is 2.48 bits per heavy atom. The molecule has 0 radical (unpaired) electrons. The van der Waals surface area contributed by atoms with Crippen LogP contribution in [0.2, 0.25) is 0 Å². The zero-order chi connectivity index (χ0) is 22.1. The first-order valence-corrected chi connectivity index (χ1v) is 9.91. The van der Waals surface area contributed by atoms with E-state index in [-0.39, 0.29) is 23.6 Å². The van der Waals surface area contributed by atoms with E-state index in [1.165, 1.54) is 17.0 Å². The fourth-order valence-corrected chi connectivity index (χ4v) is 3.79. The van der Waals surface area contributed by atoms with Crippen LogP contribution >= 0.6 is 0 Å². The average Bonchev–Trinajstić information content (AvgIpc) is 3.01. The number of aromatic nitrogens is 1. The minimum absolute atomic E-state index is 0.00483. The number of nitrogens with zero attached hydrogens (tertiary/aromatic N) is 2. The number of ketones is 1. The number of Topliss-reactive ketones (excluding diaryl/α,β-unsaturated/α-hetero) is 1. The number of hydrogen-bond acceptors (Lipinski definition) is 5. The number of hydrogen-bond donors (Lipinski definition) is 2. The monoisotopic (exact) mass is 414 g/mol. The van der Waals surface area contributed by atoms with Crippen LogP contribution in [0.3, 0.4) is 0 Å². The van der Waals surface area contributed by atoms with Crippen LogP contribution in [0.1, 0.15) is 34.0 Å². The number of likely N-dealkylation sites (tertiary alicyclic amines) is 1. The maximum atomic E-state index is 13.0. The van der Waals surface area contributed by atoms with Gasteiger partial charge in [-0.1, -0.05) is 30.3 Å². The second-order valence-electron chi connectivity index (χ2n) is 7.64. The third kappa shape index (κ3) is 3.80. The average molecular weight is 414 g/mol. The van der Waals surface area contributed by atoms with Crippen LogP contribution in [0.5, 0.6) is 5.75 Å². The van der Waals surface area contributed by atoms with E-state index in [9.17, 15) is 19.8 Å². The number of carbonyl (C=O) groups excluding carboxylic acids is 2. The van der Waals surface area contributed by atoms with E-state index in [1.54, 1.807) is 48.7 Å². The largest absolute Gasteiger partial charge is 0.508 e. The summed E-state index contributed by atoms with van der Waals surface area (Å²) < 4.78 is 0. The van der Waals surface area contributed by atoms with Crippen molar-refractivity contribution in [3.8, 4) is 5.75 Å². The van der Waals surface area contributed by atoms with Crippen molar-refractivity contribution in [3.63, 3.8) is 0 Å². The van der Waals surface area contributed by atoms with Crippen LogP contribution in [-0.2, 0) is 16.1 Å². The number of pyridine rings is 1. The SMILES string of the molecule is Cc1ccc(/C(O)=C2/C(=O)C(=O)N(Cc3ccccn3)C2c2cccc(O)c2)cc1C. The normalized spacial score (nSPS) is 17.9. The molecule has 0 spiro atoms. The Balaban J connectivity index is 1.88. The Hall–Kier alpha value is -3.93. The standard InChI is InChI=1S/C25H22N2O4/c1-15-9-10-18(12-16(15)2)23(29)21-22(17-6-5-8-20(28)13-17)27(25(31)24(21)30)14-19-7-3-4-11-26-19/h3-13,22,28-29H,14H2,1-2H3/b23-21-. The van der Waals surface area contributed by atoms with Crippen LogP contribution < -0.4 is 0 Å². The molecule has 1 aromatic heterocycles. The summed E-state index contributed by atoms with van der Waals surface area (Å²) in [4.78, 5) is 31.7. The molecule has 1 fully saturated rings. The molecular weight excluding hydrogens is 392 g/mol. The van der Waals surface area contributed by atoms with Crippen LogP contribution in [0.25, 0.3) is 5.76 Å². The summed E-state index contributed by atoms with van der Waals surface area (Å²) in [6.45, 7) is 3.96. The Bertz CT molecular complexity index is 1200. The number of aliphatic hydroxyl groups is 1. The lowest BCUT2D eigenvalue weighted by Crippen LogP contribution is -2.29. The van der Waals surface area contributed by atoms with Crippen molar-refractivity contribution in [2.75, 3.05) is 0 Å². The van der Waals surface area contributed by atoms with Gasteiger partial charge in [-0.15, -0.1) is 0 Å². The van der Waals surface area contributed by atoms with Crippen molar-refractivity contribution in [1.29, 1.82) is 0 Å². The smallest absolute Gasteiger partial charge is 0.296 e. The summed E-state index contributed by atoms with van der Waals surface area (Å²) in [5, 5.41) is 21.1. The highest BCUT2D eigenvalue weighted by Crippen LogP contribution is 2.41. The molecule has 0 aliphatic carbocycles. The van der Waals surface area contributed by atoms with E-state index < -0.39 is 17.7 Å². The zero-order valence-electron chi connectivity index (χ0n) is 17.2. The van der Waals surface area contributed by atoms with Crippen molar-refractivity contribution < 1.29 is 19.8 Å². The Kier molecular flexibility index (Phi) is 5.29. The van der Waals surface area contributed by atoms with Gasteiger partial charge in [0.25, 0.3) is 11.7 Å². The Morgan fingerprint density at radius 1 is 1.00 bits per heavy atom. The van der Waals surface area contributed by atoms with Gasteiger partial charge >= 0.3 is 0 Å². The van der Waals surface area contributed by atoms with Crippen molar-refractivity contribution in [2.24, 2.45) is 0 Å². The third-order valence-corrected chi connectivity index (χ3v) is 5.56. The molecule has 2 aromatic carbocycles. The molecule has 1 aliphatic rings. The van der Waals surface area contributed by atoms with Crippen molar-refractivity contribution in [3.05, 3.63) is 100 Å². The molecule has 3 aromatic rings. The number of rotatable bonds is 4. The van der Waals surface area contributed by atoms with Gasteiger partial charge in [-0.25, -0.2) is 0 Å². The summed E-state index contributed by atoms with van der Waals surface area (Å²) in [6.07, 6.45) is 1.62. The van der Waals surface area contributed by atoms with Gasteiger partial charge in [0.15, 0.2) is 0 Å². The summed E-state index contributed by atoms with van der Waals surface area (Å²) in [5.41, 5.74) is 3.61. The first kappa shape index (κ1) is 20.3. The molecule has 31 heavy (non-hydrogen) atoms. The van der Waals surface area contributed by atoms with E-state index in [2.05, 4.69) is 4.98 Å². The number of carbonyl (C=O) groups is 2. The second-order valence-corrected chi connectivity index (χ2v) is 7.64. The molecule has 1 aliphatic heterocycles. The lowest BCUT2D eigenvalue weighted by Gasteiger charge is -2.25. The summed E-state index contributed by atoms with van der Waals surface area (Å²) >= 11 is 0. The maximum absolute atomic E-state index is 13.0. The second kappa shape index (κ2) is 8.07. The summed E-state index contributed by atoms with van der Waals surface area (Å²) in [5.74, 6) is -1.71. The highest BCUT2D eigenvalue weighted by atomic mass is 16.3. The number of amides is 1. The van der Waals surface area contributed by atoms with Gasteiger partial charge in [0.1, 0.15) is 11.5 Å². The molecule has 1 saturated heterocycles. The third-order valence-electron chi connectivity index (χ3n) is 5.56. The van der Waals surface area contributed by atoms with Crippen molar-refractivity contribution >= 4 is 17.4 Å². The minimum atomic E-state index is -0.851. The number of phenols is 1. The number of aliphatic hydroxyl groups excluding tert-OH is 1. The molecule has 4 rings (SSSR count). The molecule has 2 heterocycles. The van der Waals surface area contributed by atoms with Gasteiger partial charge in [0.2, 0.25) is 0 Å². The molecule has 1 amide bonds. The van der Waals surface area contributed by atoms with Crippen LogP contribution in [0.4, 0.5) is 0 Å². The van der Waals surface area contributed by atoms with Gasteiger partial charge in [-0.2, -0.15) is 0 Å². The quantitative estimate of drug-likeness (QED) is 0.382. The van der Waals surface area contributed by atoms with Gasteiger partial charge in [0, 0.05) is 11.8 Å². The molecular formula is C25H22N2O4. The van der Waals surface area contributed by atoms with E-state index >= 15 is 0 Å². The topological polar surface area (TPSA) is 90.7 Å². The molecule has 6 nitrogen and oxygen atoms in total. The van der Waals surface area contributed by atoms with E-state index in [0.717, 1.165) is 11.1 Å². The zero-order valence-corrected chi connectivity index (χ0v) is 17.2. The highest BCUT2D eigenvalue weighted by Gasteiger charge is 2.46. The molecule has 156 valence electrons. The fraction of sp³-hybridized carbons (Fsp3) is 0.160. The predicted octanol–water partition coefficient (Wildman–Crippen LogP) is 4.03. The molecule has 2 N–H and O–H groups in total. The molecule has 1 unspecified atom stereocenters. The Morgan fingerprint density at radius 2 is 1.81 bits per heavy atom. The van der Waals surface area contributed by atoms with Crippen LogP contribution in [0, 0.1) is 13.8 Å². The van der Waals surface area contributed by atoms with E-state index in [0.29, 0.717) is 16.8 Å². The highest BCUT2D eigenvalue weighted by molar-refractivity contribution is 6.46. The minimum Gasteiger partial charge on any atom is -0.508 e. The fourth-order valence-electron chi connectivity index (χ4n) is 3.79. The van der Waals surface area contributed by atoms with Crippen LogP contribution in [0.15, 0.2) is 72.4 Å². The molecule has 1 atom stereocenters. The maximum Gasteiger partial charge on any atom is 0.296 e. The van der Waals surface area contributed by atoms with Gasteiger partial charge in [0.05, 0.1) is 23.9 Å². The van der Waals surface area contributed by atoms with E-state index in [4.69, 9.17) is 0 Å². The molecule has 0 saturated carbocycles. The lowest BCUT2D eigenvalue weighted by molar-refractivity contribution is -0.140. The lowest BCUT2D eigenvalue weighted by atomic mass is 9.94. The predicted molar refractivity (Wildman–Crippen MR) is 116 cm³/mol. The van der Waals surface area contributed by atoms with Crippen molar-refractivity contribution in [1.82, 2.24) is 9.88 Å². The molecule has 6 heteroatoms. The number of aromatic hydroxyl groups is 1. The van der Waals surface area contributed by atoms with Gasteiger partial charge in [-0.05, 0) is 60.9 Å². The van der Waals surface area contributed by atoms with Gasteiger partial charge in [-0.3, -0.25) is 14.6 Å².